The number of hydrogen-bond acceptors (Lipinski definition) is 2. The second-order valence-electron chi connectivity index (χ2n) is 13.3. The Balaban J connectivity index is 1.19. The minimum atomic E-state index is 1.12. The number of fused-ring (bicyclic) bond motifs is 6. The van der Waals surface area contributed by atoms with Gasteiger partial charge in [0.1, 0.15) is 0 Å². The maximum atomic E-state index is 2.45. The van der Waals surface area contributed by atoms with Crippen LogP contribution in [0.5, 0.6) is 0 Å². The van der Waals surface area contributed by atoms with Gasteiger partial charge in [-0.3, -0.25) is 0 Å². The molecule has 10 aromatic rings. The van der Waals surface area contributed by atoms with E-state index in [4.69, 9.17) is 0 Å². The van der Waals surface area contributed by atoms with Gasteiger partial charge in [0.25, 0.3) is 0 Å². The van der Waals surface area contributed by atoms with Gasteiger partial charge in [-0.2, -0.15) is 0 Å². The summed E-state index contributed by atoms with van der Waals surface area (Å²) in [5.74, 6) is 0. The number of para-hydroxylation sites is 1. The van der Waals surface area contributed by atoms with Crippen LogP contribution in [0.1, 0.15) is 0 Å². The standard InChI is InChI=1S/C50H33NS/c1-3-14-34(15-4-1)35-28-30-36(31-29-35)38-18-11-21-40(32-38)51(39-19-5-2-6-20-39)47-26-13-27-48-49(47)46-33-45(43-23-9-10-24-44(43)50(46)52-48)42-25-12-17-37-16-7-8-22-41(37)42/h1-33H. The SMILES string of the molecule is c1ccc(-c2ccc(-c3cccc(N(c4ccccc4)c4cccc5sc6c7ccccc7c(-c7cccc8ccccc78)cc6c45)c3)cc2)cc1. The van der Waals surface area contributed by atoms with Crippen molar-refractivity contribution in [2.75, 3.05) is 4.90 Å². The second-order valence-corrected chi connectivity index (χ2v) is 14.3. The zero-order chi connectivity index (χ0) is 34.4. The Hall–Kier alpha value is -6.48. The van der Waals surface area contributed by atoms with Crippen molar-refractivity contribution in [3.05, 3.63) is 200 Å². The van der Waals surface area contributed by atoms with E-state index in [1.807, 2.05) is 11.3 Å². The van der Waals surface area contributed by atoms with Crippen molar-refractivity contribution < 1.29 is 0 Å². The van der Waals surface area contributed by atoms with E-state index >= 15 is 0 Å². The Morgan fingerprint density at radius 3 is 1.73 bits per heavy atom. The third-order valence-corrected chi connectivity index (χ3v) is 11.4. The van der Waals surface area contributed by atoms with Crippen LogP contribution in [0.15, 0.2) is 200 Å². The van der Waals surface area contributed by atoms with Crippen molar-refractivity contribution in [3.8, 4) is 33.4 Å². The van der Waals surface area contributed by atoms with Gasteiger partial charge in [0.2, 0.25) is 0 Å². The Morgan fingerprint density at radius 2 is 0.923 bits per heavy atom. The van der Waals surface area contributed by atoms with Crippen LogP contribution in [0.25, 0.3) is 75.1 Å². The first kappa shape index (κ1) is 30.4. The molecule has 0 aliphatic heterocycles. The Labute approximate surface area is 307 Å². The maximum Gasteiger partial charge on any atom is 0.0554 e. The second kappa shape index (κ2) is 12.7. The molecule has 0 amide bonds. The molecule has 1 heterocycles. The normalized spacial score (nSPS) is 11.5. The highest BCUT2D eigenvalue weighted by molar-refractivity contribution is 7.26. The summed E-state index contributed by atoms with van der Waals surface area (Å²) in [5.41, 5.74) is 10.8. The number of nitrogens with zero attached hydrogens (tertiary/aromatic N) is 1. The van der Waals surface area contributed by atoms with Gasteiger partial charge >= 0.3 is 0 Å². The predicted octanol–water partition coefficient (Wildman–Crippen LogP) is 14.8. The lowest BCUT2D eigenvalue weighted by Crippen LogP contribution is -2.10. The fourth-order valence-corrected chi connectivity index (χ4v) is 9.06. The van der Waals surface area contributed by atoms with Gasteiger partial charge in [0.15, 0.2) is 0 Å². The summed E-state index contributed by atoms with van der Waals surface area (Å²) in [6.45, 7) is 0. The van der Waals surface area contributed by atoms with Crippen LogP contribution in [-0.2, 0) is 0 Å². The minimum absolute atomic E-state index is 1.12. The predicted molar refractivity (Wildman–Crippen MR) is 225 cm³/mol. The third kappa shape index (κ3) is 5.16. The smallest absolute Gasteiger partial charge is 0.0554 e. The summed E-state index contributed by atoms with van der Waals surface area (Å²) in [5, 5.41) is 7.66. The van der Waals surface area contributed by atoms with Crippen molar-refractivity contribution in [3.63, 3.8) is 0 Å². The van der Waals surface area contributed by atoms with Gasteiger partial charge in [-0.05, 0) is 92.0 Å². The molecule has 244 valence electrons. The molecule has 10 rings (SSSR count). The molecule has 0 bridgehead atoms. The number of anilines is 3. The number of benzene rings is 9. The molecule has 52 heavy (non-hydrogen) atoms. The molecular weight excluding hydrogens is 647 g/mol. The summed E-state index contributed by atoms with van der Waals surface area (Å²) in [4.78, 5) is 2.43. The Morgan fingerprint density at radius 1 is 0.346 bits per heavy atom. The van der Waals surface area contributed by atoms with Crippen molar-refractivity contribution in [2.45, 2.75) is 0 Å². The van der Waals surface area contributed by atoms with E-state index in [9.17, 15) is 0 Å². The van der Waals surface area contributed by atoms with Crippen molar-refractivity contribution in [2.24, 2.45) is 0 Å². The average molecular weight is 680 g/mol. The minimum Gasteiger partial charge on any atom is -0.310 e. The quantitative estimate of drug-likeness (QED) is 0.169. The van der Waals surface area contributed by atoms with Crippen LogP contribution in [0, 0.1) is 0 Å². The van der Waals surface area contributed by atoms with Gasteiger partial charge in [-0.25, -0.2) is 0 Å². The summed E-state index contributed by atoms with van der Waals surface area (Å²) in [6.07, 6.45) is 0. The molecule has 0 aliphatic rings. The maximum absolute atomic E-state index is 2.45. The van der Waals surface area contributed by atoms with Crippen LogP contribution in [0.2, 0.25) is 0 Å². The summed E-state index contributed by atoms with van der Waals surface area (Å²) >= 11 is 1.89. The van der Waals surface area contributed by atoms with E-state index in [-0.39, 0.29) is 0 Å². The van der Waals surface area contributed by atoms with Crippen molar-refractivity contribution >= 4 is 70.1 Å². The topological polar surface area (TPSA) is 3.24 Å². The highest BCUT2D eigenvalue weighted by atomic mass is 32.1. The molecule has 0 saturated carbocycles. The Bertz CT molecular complexity index is 2880. The molecule has 0 radical (unpaired) electrons. The molecule has 0 aliphatic carbocycles. The van der Waals surface area contributed by atoms with Crippen LogP contribution in [0.3, 0.4) is 0 Å². The first-order valence-corrected chi connectivity index (χ1v) is 18.6. The van der Waals surface area contributed by atoms with Crippen LogP contribution in [0.4, 0.5) is 17.1 Å². The van der Waals surface area contributed by atoms with Crippen molar-refractivity contribution in [1.29, 1.82) is 0 Å². The molecule has 9 aromatic carbocycles. The van der Waals surface area contributed by atoms with Gasteiger partial charge in [-0.1, -0.05) is 158 Å². The van der Waals surface area contributed by atoms with E-state index in [0.29, 0.717) is 0 Å². The van der Waals surface area contributed by atoms with Crippen LogP contribution in [-0.4, -0.2) is 0 Å². The van der Waals surface area contributed by atoms with Gasteiger partial charge < -0.3 is 4.90 Å². The molecule has 0 fully saturated rings. The molecule has 0 N–H and O–H groups in total. The van der Waals surface area contributed by atoms with Crippen LogP contribution >= 0.6 is 11.3 Å². The lowest BCUT2D eigenvalue weighted by atomic mass is 9.92. The zero-order valence-electron chi connectivity index (χ0n) is 28.4. The zero-order valence-corrected chi connectivity index (χ0v) is 29.2. The lowest BCUT2D eigenvalue weighted by Gasteiger charge is -2.27. The fourth-order valence-electron chi connectivity index (χ4n) is 7.81. The Kier molecular flexibility index (Phi) is 7.41. The molecule has 1 nitrogen and oxygen atoms in total. The van der Waals surface area contributed by atoms with Gasteiger partial charge in [0.05, 0.1) is 5.69 Å². The first-order chi connectivity index (χ1) is 25.8. The molecule has 2 heteroatoms. The van der Waals surface area contributed by atoms with Crippen molar-refractivity contribution in [1.82, 2.24) is 0 Å². The van der Waals surface area contributed by atoms with Gasteiger partial charge in [-0.15, -0.1) is 11.3 Å². The fraction of sp³-hybridized carbons (Fsp3) is 0. The lowest BCUT2D eigenvalue weighted by molar-refractivity contribution is 1.30. The van der Waals surface area contributed by atoms with Crippen LogP contribution < -0.4 is 4.90 Å². The highest BCUT2D eigenvalue weighted by Crippen LogP contribution is 2.49. The monoisotopic (exact) mass is 679 g/mol. The largest absolute Gasteiger partial charge is 0.310 e. The molecule has 0 atom stereocenters. The van der Waals surface area contributed by atoms with E-state index < -0.39 is 0 Å². The van der Waals surface area contributed by atoms with E-state index in [1.165, 1.54) is 80.8 Å². The summed E-state index contributed by atoms with van der Waals surface area (Å²) in [6, 6.07) is 72.8. The van der Waals surface area contributed by atoms with E-state index in [2.05, 4.69) is 205 Å². The summed E-state index contributed by atoms with van der Waals surface area (Å²) in [7, 11) is 0. The number of hydrogen-bond donors (Lipinski definition) is 0. The summed E-state index contributed by atoms with van der Waals surface area (Å²) < 4.78 is 2.60. The highest BCUT2D eigenvalue weighted by Gasteiger charge is 2.21. The third-order valence-electron chi connectivity index (χ3n) is 10.2. The number of thiophene rings is 1. The first-order valence-electron chi connectivity index (χ1n) is 17.8. The van der Waals surface area contributed by atoms with E-state index in [0.717, 1.165) is 11.4 Å². The van der Waals surface area contributed by atoms with E-state index in [1.54, 1.807) is 0 Å². The number of rotatable bonds is 6. The molecule has 0 saturated heterocycles. The molecule has 0 spiro atoms. The molecule has 0 unspecified atom stereocenters. The molecular formula is C50H33NS. The van der Waals surface area contributed by atoms with Gasteiger partial charge in [0, 0.05) is 36.9 Å². The molecule has 1 aromatic heterocycles. The average Bonchev–Trinajstić information content (AvgIpc) is 3.61.